The first-order valence-electron chi connectivity index (χ1n) is 16.5. The van der Waals surface area contributed by atoms with Gasteiger partial charge < -0.3 is 0 Å². The van der Waals surface area contributed by atoms with Crippen molar-refractivity contribution in [1.82, 2.24) is 15.0 Å². The van der Waals surface area contributed by atoms with E-state index in [0.29, 0.717) is 5.82 Å². The van der Waals surface area contributed by atoms with Crippen LogP contribution in [-0.4, -0.2) is 15.0 Å². The van der Waals surface area contributed by atoms with Crippen molar-refractivity contribution in [1.29, 1.82) is 0 Å². The minimum absolute atomic E-state index is 0.715. The molecule has 0 spiro atoms. The van der Waals surface area contributed by atoms with Gasteiger partial charge in [-0.05, 0) is 81.3 Å². The van der Waals surface area contributed by atoms with Gasteiger partial charge in [0.05, 0.1) is 16.9 Å². The molecule has 3 heteroatoms. The van der Waals surface area contributed by atoms with Crippen molar-refractivity contribution >= 4 is 27.2 Å². The first kappa shape index (κ1) is 28.1. The zero-order valence-electron chi connectivity index (χ0n) is 26.3. The number of hydrogen-bond donors (Lipinski definition) is 0. The van der Waals surface area contributed by atoms with Gasteiger partial charge in [0.2, 0.25) is 0 Å². The van der Waals surface area contributed by atoms with Gasteiger partial charge in [0.25, 0.3) is 0 Å². The van der Waals surface area contributed by atoms with Crippen molar-refractivity contribution in [2.45, 2.75) is 12.8 Å². The van der Waals surface area contributed by atoms with E-state index in [-0.39, 0.29) is 0 Å². The quantitative estimate of drug-likeness (QED) is 0.194. The highest BCUT2D eigenvalue weighted by Gasteiger charge is 2.16. The average Bonchev–Trinajstić information content (AvgIpc) is 3.17. The molecule has 0 N–H and O–H groups in total. The molecular weight excluding hydrogens is 583 g/mol. The first-order chi connectivity index (χ1) is 23.8. The maximum atomic E-state index is 5.23. The van der Waals surface area contributed by atoms with Crippen LogP contribution >= 0.6 is 0 Å². The van der Waals surface area contributed by atoms with E-state index < -0.39 is 0 Å². The van der Waals surface area contributed by atoms with Gasteiger partial charge in [0.15, 0.2) is 5.82 Å². The summed E-state index contributed by atoms with van der Waals surface area (Å²) in [6.45, 7) is 0. The van der Waals surface area contributed by atoms with Gasteiger partial charge in [-0.1, -0.05) is 133 Å². The zero-order valence-corrected chi connectivity index (χ0v) is 26.3. The van der Waals surface area contributed by atoms with Gasteiger partial charge in [-0.3, -0.25) is 4.98 Å². The molecule has 9 rings (SSSR count). The number of aryl methyl sites for hydroxylation is 1. The molecule has 8 aromatic rings. The molecule has 0 fully saturated rings. The van der Waals surface area contributed by atoms with Crippen LogP contribution in [0.1, 0.15) is 23.1 Å². The predicted molar refractivity (Wildman–Crippen MR) is 198 cm³/mol. The third-order valence-electron chi connectivity index (χ3n) is 9.43. The highest BCUT2D eigenvalue weighted by Crippen LogP contribution is 2.36. The molecule has 2 heterocycles. The lowest BCUT2D eigenvalue weighted by Gasteiger charge is -2.18. The fourth-order valence-electron chi connectivity index (χ4n) is 7.06. The summed E-state index contributed by atoms with van der Waals surface area (Å²) < 4.78 is 0. The van der Waals surface area contributed by atoms with E-state index in [4.69, 9.17) is 9.97 Å². The number of nitrogens with zero attached hydrogens (tertiary/aromatic N) is 3. The second-order valence-electron chi connectivity index (χ2n) is 12.3. The van der Waals surface area contributed by atoms with Crippen LogP contribution in [0.4, 0.5) is 0 Å². The molecule has 0 saturated carbocycles. The molecule has 48 heavy (non-hydrogen) atoms. The lowest BCUT2D eigenvalue weighted by molar-refractivity contribution is 0.978. The maximum Gasteiger partial charge on any atom is 0.161 e. The molecule has 0 radical (unpaired) electrons. The van der Waals surface area contributed by atoms with Gasteiger partial charge in [-0.25, -0.2) is 9.97 Å². The van der Waals surface area contributed by atoms with Crippen LogP contribution in [-0.2, 0) is 6.42 Å². The van der Waals surface area contributed by atoms with Gasteiger partial charge >= 0.3 is 0 Å². The van der Waals surface area contributed by atoms with Crippen molar-refractivity contribution in [3.05, 3.63) is 181 Å². The Hall–Kier alpha value is -6.19. The molecule has 1 aliphatic carbocycles. The smallest absolute Gasteiger partial charge is 0.161 e. The molecule has 226 valence electrons. The summed E-state index contributed by atoms with van der Waals surface area (Å²) in [7, 11) is 0. The molecule has 0 saturated heterocycles. The second-order valence-corrected chi connectivity index (χ2v) is 12.3. The summed E-state index contributed by atoms with van der Waals surface area (Å²) >= 11 is 0. The van der Waals surface area contributed by atoms with E-state index in [2.05, 4.69) is 157 Å². The van der Waals surface area contributed by atoms with Crippen molar-refractivity contribution < 1.29 is 0 Å². The van der Waals surface area contributed by atoms with Gasteiger partial charge in [0.1, 0.15) is 0 Å². The van der Waals surface area contributed by atoms with E-state index in [1.54, 1.807) is 0 Å². The van der Waals surface area contributed by atoms with Crippen LogP contribution in [0.25, 0.3) is 72.3 Å². The molecule has 3 nitrogen and oxygen atoms in total. The Labute approximate surface area is 280 Å². The Morgan fingerprint density at radius 2 is 1.15 bits per heavy atom. The first-order valence-corrected chi connectivity index (χ1v) is 16.5. The van der Waals surface area contributed by atoms with Gasteiger partial charge in [0, 0.05) is 28.3 Å². The molecule has 0 unspecified atom stereocenters. The minimum atomic E-state index is 0.715. The Morgan fingerprint density at radius 3 is 2.08 bits per heavy atom. The third-order valence-corrected chi connectivity index (χ3v) is 9.43. The molecule has 2 aromatic heterocycles. The summed E-state index contributed by atoms with van der Waals surface area (Å²) in [5, 5.41) is 3.44. The SMILES string of the molecule is C1=C(c2ccc(-c3cc(-c4cccc(-c5cccc6ncccc56)c4)nc(-c4cccc5ccccc45)n3)cc2)c2ccccc2CC1. The maximum absolute atomic E-state index is 5.23. The number of fused-ring (bicyclic) bond motifs is 3. The number of hydrogen-bond acceptors (Lipinski definition) is 3. The van der Waals surface area contributed by atoms with E-state index in [9.17, 15) is 0 Å². The fraction of sp³-hybridized carbons (Fsp3) is 0.0444. The van der Waals surface area contributed by atoms with Crippen molar-refractivity contribution in [3.8, 4) is 45.0 Å². The van der Waals surface area contributed by atoms with Gasteiger partial charge in [-0.15, -0.1) is 0 Å². The summed E-state index contributed by atoms with van der Waals surface area (Å²) in [4.78, 5) is 15.0. The van der Waals surface area contributed by atoms with Crippen LogP contribution in [0.5, 0.6) is 0 Å². The Morgan fingerprint density at radius 1 is 0.458 bits per heavy atom. The fourth-order valence-corrected chi connectivity index (χ4v) is 7.06. The normalized spacial score (nSPS) is 12.5. The largest absolute Gasteiger partial charge is 0.256 e. The minimum Gasteiger partial charge on any atom is -0.256 e. The molecule has 0 atom stereocenters. The summed E-state index contributed by atoms with van der Waals surface area (Å²) in [6.07, 6.45) is 6.37. The topological polar surface area (TPSA) is 38.7 Å². The van der Waals surface area contributed by atoms with E-state index in [1.807, 2.05) is 12.3 Å². The average molecular weight is 614 g/mol. The Bertz CT molecular complexity index is 2500. The van der Waals surface area contributed by atoms with Crippen LogP contribution in [0, 0.1) is 0 Å². The molecular formula is C45H31N3. The molecule has 0 bridgehead atoms. The summed E-state index contributed by atoms with van der Waals surface area (Å²) in [6, 6.07) is 53.6. The molecule has 0 amide bonds. The second kappa shape index (κ2) is 11.9. The van der Waals surface area contributed by atoms with Crippen LogP contribution in [0.3, 0.4) is 0 Å². The number of pyridine rings is 1. The number of rotatable bonds is 5. The third kappa shape index (κ3) is 5.06. The highest BCUT2D eigenvalue weighted by molar-refractivity contribution is 5.97. The predicted octanol–water partition coefficient (Wildman–Crippen LogP) is 11.2. The van der Waals surface area contributed by atoms with E-state index in [0.717, 1.165) is 68.3 Å². The summed E-state index contributed by atoms with van der Waals surface area (Å²) in [5.74, 6) is 0.715. The molecule has 6 aromatic carbocycles. The molecule has 1 aliphatic rings. The molecule has 0 aliphatic heterocycles. The van der Waals surface area contributed by atoms with Crippen molar-refractivity contribution in [2.24, 2.45) is 0 Å². The monoisotopic (exact) mass is 613 g/mol. The van der Waals surface area contributed by atoms with Crippen LogP contribution < -0.4 is 0 Å². The van der Waals surface area contributed by atoms with E-state index in [1.165, 1.54) is 27.6 Å². The van der Waals surface area contributed by atoms with Crippen LogP contribution in [0.2, 0.25) is 0 Å². The Balaban J connectivity index is 1.18. The zero-order chi connectivity index (χ0) is 31.9. The van der Waals surface area contributed by atoms with Crippen molar-refractivity contribution in [2.75, 3.05) is 0 Å². The van der Waals surface area contributed by atoms with E-state index >= 15 is 0 Å². The highest BCUT2D eigenvalue weighted by atomic mass is 14.9. The van der Waals surface area contributed by atoms with Gasteiger partial charge in [-0.2, -0.15) is 0 Å². The van der Waals surface area contributed by atoms with Crippen LogP contribution in [0.15, 0.2) is 164 Å². The van der Waals surface area contributed by atoms with Crippen molar-refractivity contribution in [3.63, 3.8) is 0 Å². The summed E-state index contributed by atoms with van der Waals surface area (Å²) in [5.41, 5.74) is 13.5. The lowest BCUT2D eigenvalue weighted by atomic mass is 9.87. The Kier molecular flexibility index (Phi) is 6.94. The number of benzene rings is 6. The number of allylic oxidation sites excluding steroid dienone is 1. The standard InChI is InChI=1S/C45H31N3/c1-3-16-36-30(10-1)12-6-18-37(36)32-23-25-33(26-24-32)43-29-44(48-45(47-43)41-20-7-13-31-11-2-4-17-38(31)41)35-15-5-14-34(28-35)39-19-8-22-42-40(39)21-9-27-46-42/h1-5,7-11,13-29H,6,12H2. The lowest BCUT2D eigenvalue weighted by Crippen LogP contribution is -2.00. The number of aromatic nitrogens is 3.